The van der Waals surface area contributed by atoms with Crippen molar-refractivity contribution in [1.82, 2.24) is 0 Å². The highest BCUT2D eigenvalue weighted by Gasteiger charge is 1.74. The molecule has 0 bridgehead atoms. The molecule has 0 aromatic rings. The summed E-state index contributed by atoms with van der Waals surface area (Å²) in [5.41, 5.74) is 5.02. The summed E-state index contributed by atoms with van der Waals surface area (Å²) >= 11 is 1.16. The van der Waals surface area contributed by atoms with Gasteiger partial charge in [-0.05, 0) is 6.92 Å². The molecule has 0 aliphatic rings. The molecule has 0 rings (SSSR count). The zero-order valence-corrected chi connectivity index (χ0v) is 6.46. The molecule has 2 nitrogen and oxygen atoms in total. The van der Waals surface area contributed by atoms with E-state index in [1.165, 1.54) is 6.20 Å². The van der Waals surface area contributed by atoms with Crippen LogP contribution in [0.1, 0.15) is 20.8 Å². The highest BCUT2D eigenvalue weighted by atomic mass is 32.2. The molecule has 0 saturated carbocycles. The Bertz CT molecular complexity index is 61.4. The van der Waals surface area contributed by atoms with Crippen molar-refractivity contribution in [1.29, 1.82) is 0 Å². The maximum absolute atomic E-state index is 5.05. The normalized spacial score (nSPS) is 9.75. The third-order valence-electron chi connectivity index (χ3n) is 0.421. The first kappa shape index (κ1) is 10.8. The Labute approximate surface area is 55.5 Å². The molecule has 8 heavy (non-hydrogen) atoms. The molecule has 0 saturated heterocycles. The van der Waals surface area contributed by atoms with E-state index >= 15 is 0 Å². The van der Waals surface area contributed by atoms with Crippen LogP contribution in [-0.2, 0) is 0 Å². The average molecular weight is 134 g/mol. The largest absolute Gasteiger partial charge is 0.404 e. The van der Waals surface area contributed by atoms with Gasteiger partial charge in [-0.15, -0.1) is 0 Å². The molecule has 0 aliphatic carbocycles. The second-order valence-electron chi connectivity index (χ2n) is 0.895. The minimum atomic E-state index is 0.940. The Morgan fingerprint density at radius 3 is 1.88 bits per heavy atom. The fourth-order valence-electron chi connectivity index (χ4n) is 0.0393. The Hall–Kier alpha value is -0.150. The van der Waals surface area contributed by atoms with Crippen molar-refractivity contribution < 1.29 is 0 Å². The monoisotopic (exact) mass is 134 g/mol. The molecule has 0 amide bonds. The molecule has 0 unspecified atom stereocenters. The number of nitrogens with two attached hydrogens (primary N) is 2. The lowest BCUT2D eigenvalue weighted by Gasteiger charge is -1.84. The van der Waals surface area contributed by atoms with Crippen molar-refractivity contribution in [3.05, 3.63) is 11.1 Å². The van der Waals surface area contributed by atoms with E-state index in [0.717, 1.165) is 16.9 Å². The van der Waals surface area contributed by atoms with Crippen molar-refractivity contribution >= 4 is 11.9 Å². The van der Waals surface area contributed by atoms with Crippen LogP contribution in [0.3, 0.4) is 0 Å². The lowest BCUT2D eigenvalue weighted by molar-refractivity contribution is 1.50. The van der Waals surface area contributed by atoms with Crippen LogP contribution in [0.4, 0.5) is 0 Å². The van der Waals surface area contributed by atoms with Crippen LogP contribution in [0, 0.1) is 0 Å². The predicted octanol–water partition coefficient (Wildman–Crippen LogP) is 1.44. The molecular weight excluding hydrogens is 120 g/mol. The lowest BCUT2D eigenvalue weighted by Crippen LogP contribution is -1.83. The second kappa shape index (κ2) is 9.97. The third kappa shape index (κ3) is 9.28. The summed E-state index contributed by atoms with van der Waals surface area (Å²) in [5, 5.41) is 5.05. The number of rotatable bonds is 1. The van der Waals surface area contributed by atoms with Gasteiger partial charge in [0.1, 0.15) is 0 Å². The Morgan fingerprint density at radius 2 is 1.88 bits per heavy atom. The van der Waals surface area contributed by atoms with Gasteiger partial charge in [0.15, 0.2) is 0 Å². The highest BCUT2D eigenvalue weighted by Crippen LogP contribution is 2.00. The number of allylic oxidation sites excluding steroid dienone is 1. The minimum Gasteiger partial charge on any atom is -0.404 e. The van der Waals surface area contributed by atoms with Gasteiger partial charge >= 0.3 is 0 Å². The summed E-state index contributed by atoms with van der Waals surface area (Å²) < 4.78 is 0. The molecule has 0 radical (unpaired) electrons. The summed E-state index contributed by atoms with van der Waals surface area (Å²) in [7, 11) is 0. The van der Waals surface area contributed by atoms with Gasteiger partial charge in [0.2, 0.25) is 0 Å². The Kier molecular flexibility index (Phi) is 13.4. The fourth-order valence-corrected chi connectivity index (χ4v) is 0.118. The predicted molar refractivity (Wildman–Crippen MR) is 41.1 cm³/mol. The average Bonchev–Trinajstić information content (AvgIpc) is 1.91. The molecule has 0 aromatic carbocycles. The van der Waals surface area contributed by atoms with Crippen LogP contribution >= 0.6 is 11.9 Å². The molecule has 0 spiro atoms. The van der Waals surface area contributed by atoms with Crippen molar-refractivity contribution in [2.45, 2.75) is 20.8 Å². The summed E-state index contributed by atoms with van der Waals surface area (Å²) in [6, 6.07) is 0. The quantitative estimate of drug-likeness (QED) is 0.533. The van der Waals surface area contributed by atoms with E-state index in [2.05, 4.69) is 0 Å². The number of hydrogen-bond acceptors (Lipinski definition) is 3. The van der Waals surface area contributed by atoms with Crippen molar-refractivity contribution in [2.24, 2.45) is 10.9 Å². The first-order valence-corrected chi connectivity index (χ1v) is 3.44. The van der Waals surface area contributed by atoms with E-state index in [1.54, 1.807) is 0 Å². The Balaban J connectivity index is 0. The van der Waals surface area contributed by atoms with E-state index in [4.69, 9.17) is 10.9 Å². The van der Waals surface area contributed by atoms with Crippen LogP contribution in [0.25, 0.3) is 0 Å². The van der Waals surface area contributed by atoms with E-state index in [-0.39, 0.29) is 0 Å². The van der Waals surface area contributed by atoms with Gasteiger partial charge < -0.3 is 5.73 Å². The maximum atomic E-state index is 5.05. The second-order valence-corrected chi connectivity index (χ2v) is 1.77. The number of hydrogen-bond donors (Lipinski definition) is 2. The van der Waals surface area contributed by atoms with Crippen LogP contribution in [0.2, 0.25) is 0 Å². The first-order valence-electron chi connectivity index (χ1n) is 2.56. The molecule has 0 aliphatic heterocycles. The maximum Gasteiger partial charge on any atom is 0.0124 e. The van der Waals surface area contributed by atoms with Gasteiger partial charge in [0.05, 0.1) is 0 Å². The smallest absolute Gasteiger partial charge is 0.0124 e. The molecule has 0 atom stereocenters. The van der Waals surface area contributed by atoms with Gasteiger partial charge in [-0.3, -0.25) is 5.14 Å². The molecule has 4 N–H and O–H groups in total. The van der Waals surface area contributed by atoms with E-state index in [9.17, 15) is 0 Å². The van der Waals surface area contributed by atoms with Crippen molar-refractivity contribution in [3.63, 3.8) is 0 Å². The lowest BCUT2D eigenvalue weighted by atomic mass is 10.7. The molecule has 0 aromatic heterocycles. The Morgan fingerprint density at radius 1 is 1.50 bits per heavy atom. The summed E-state index contributed by atoms with van der Waals surface area (Å²) in [6.07, 6.45) is 1.48. The SMILES string of the molecule is C/C(=C/N)SN.CC. The van der Waals surface area contributed by atoms with Gasteiger partial charge in [-0.25, -0.2) is 0 Å². The molecule has 0 heterocycles. The van der Waals surface area contributed by atoms with Crippen LogP contribution in [0.15, 0.2) is 11.1 Å². The minimum absolute atomic E-state index is 0.940. The van der Waals surface area contributed by atoms with E-state index < -0.39 is 0 Å². The molecule has 50 valence electrons. The van der Waals surface area contributed by atoms with Crippen molar-refractivity contribution in [3.8, 4) is 0 Å². The van der Waals surface area contributed by atoms with Gasteiger partial charge in [-0.2, -0.15) is 0 Å². The zero-order chi connectivity index (χ0) is 6.99. The molecular formula is C5H14N2S. The standard InChI is InChI=1S/C3H8N2S.C2H6/c1-3(2-4)6-5;1-2/h2H,4-5H2,1H3;1-2H3/b3-2-;. The van der Waals surface area contributed by atoms with Crippen LogP contribution in [0.5, 0.6) is 0 Å². The van der Waals surface area contributed by atoms with Crippen LogP contribution < -0.4 is 10.9 Å². The van der Waals surface area contributed by atoms with Gasteiger partial charge in [0, 0.05) is 11.1 Å². The topological polar surface area (TPSA) is 52.0 Å². The van der Waals surface area contributed by atoms with E-state index in [1.807, 2.05) is 20.8 Å². The molecule has 3 heteroatoms. The van der Waals surface area contributed by atoms with Crippen LogP contribution in [-0.4, -0.2) is 0 Å². The van der Waals surface area contributed by atoms with Gasteiger partial charge in [-0.1, -0.05) is 25.8 Å². The van der Waals surface area contributed by atoms with Gasteiger partial charge in [0.25, 0.3) is 0 Å². The fraction of sp³-hybridized carbons (Fsp3) is 0.600. The first-order chi connectivity index (χ1) is 3.81. The third-order valence-corrected chi connectivity index (χ3v) is 0.928. The molecule has 0 fully saturated rings. The summed E-state index contributed by atoms with van der Waals surface area (Å²) in [4.78, 5) is 0.940. The highest BCUT2D eigenvalue weighted by molar-refractivity contribution is 8.00. The zero-order valence-electron chi connectivity index (χ0n) is 5.64. The summed E-state index contributed by atoms with van der Waals surface area (Å²) in [6.45, 7) is 5.85. The van der Waals surface area contributed by atoms with Crippen molar-refractivity contribution in [2.75, 3.05) is 0 Å². The summed E-state index contributed by atoms with van der Waals surface area (Å²) in [5.74, 6) is 0. The van der Waals surface area contributed by atoms with E-state index in [0.29, 0.717) is 0 Å².